The normalized spacial score (nSPS) is 13.0. The first-order valence-electron chi connectivity index (χ1n) is 11.4. The maximum atomic E-state index is 10.4. The lowest BCUT2D eigenvalue weighted by Crippen LogP contribution is -2.18. The number of unbranched alkanes of at least 4 members (excludes halogenated alkanes) is 14. The Labute approximate surface area is 169 Å². The van der Waals surface area contributed by atoms with Gasteiger partial charge in [-0.2, -0.15) is 0 Å². The summed E-state index contributed by atoms with van der Waals surface area (Å²) in [6, 6.07) is 9.71. The van der Waals surface area contributed by atoms with Crippen molar-refractivity contribution in [2.24, 2.45) is 0 Å². The average Bonchev–Trinajstić information content (AvgIpc) is 2.68. The molecule has 152 valence electrons. The number of benzene rings is 1. The molecular weight excluding hydrogens is 328 g/mol. The van der Waals surface area contributed by atoms with Crippen molar-refractivity contribution >= 4 is 0 Å². The van der Waals surface area contributed by atoms with Gasteiger partial charge in [-0.15, -0.1) is 0 Å². The molecule has 1 aromatic rings. The van der Waals surface area contributed by atoms with E-state index in [-0.39, 0.29) is 0 Å². The van der Waals surface area contributed by atoms with E-state index in [0.717, 1.165) is 18.4 Å². The smallest absolute Gasteiger partial charge is 0.148 e. The van der Waals surface area contributed by atoms with Gasteiger partial charge < -0.3 is 5.11 Å². The molecule has 0 aliphatic rings. The third-order valence-electron chi connectivity index (χ3n) is 5.32. The Balaban J connectivity index is 1.91. The van der Waals surface area contributed by atoms with E-state index in [1.54, 1.807) is 6.92 Å². The molecule has 0 heterocycles. The summed E-state index contributed by atoms with van der Waals surface area (Å²) < 4.78 is 0. The van der Waals surface area contributed by atoms with E-state index in [1.807, 2.05) is 30.3 Å². The van der Waals surface area contributed by atoms with Gasteiger partial charge in [-0.3, -0.25) is 0 Å². The van der Waals surface area contributed by atoms with E-state index in [2.05, 4.69) is 18.8 Å². The quantitative estimate of drug-likeness (QED) is 0.247. The molecule has 0 saturated heterocycles. The van der Waals surface area contributed by atoms with E-state index < -0.39 is 5.60 Å². The molecule has 1 heteroatoms. The molecule has 0 radical (unpaired) electrons. The van der Waals surface area contributed by atoms with Crippen LogP contribution in [-0.4, -0.2) is 5.11 Å². The first kappa shape index (κ1) is 23.8. The zero-order chi connectivity index (χ0) is 19.6. The van der Waals surface area contributed by atoms with Crippen LogP contribution >= 0.6 is 0 Å². The van der Waals surface area contributed by atoms with E-state index in [9.17, 15) is 5.11 Å². The van der Waals surface area contributed by atoms with Gasteiger partial charge in [-0.05, 0) is 18.9 Å². The Morgan fingerprint density at radius 2 is 1.15 bits per heavy atom. The predicted molar refractivity (Wildman–Crippen MR) is 119 cm³/mol. The summed E-state index contributed by atoms with van der Waals surface area (Å²) in [5.74, 6) is 6.20. The lowest BCUT2D eigenvalue weighted by molar-refractivity contribution is 0.122. The molecule has 0 aliphatic carbocycles. The number of rotatable bonds is 15. The molecule has 0 fully saturated rings. The second kappa shape index (κ2) is 15.8. The molecule has 1 nitrogen and oxygen atoms in total. The maximum absolute atomic E-state index is 10.4. The fourth-order valence-electron chi connectivity index (χ4n) is 3.48. The van der Waals surface area contributed by atoms with Crippen LogP contribution in [-0.2, 0) is 5.60 Å². The highest BCUT2D eigenvalue weighted by molar-refractivity contribution is 5.30. The number of hydrogen-bond acceptors (Lipinski definition) is 1. The molecule has 1 atom stereocenters. The highest BCUT2D eigenvalue weighted by atomic mass is 16.3. The fourth-order valence-corrected chi connectivity index (χ4v) is 3.48. The molecule has 0 aromatic heterocycles. The van der Waals surface area contributed by atoms with Crippen LogP contribution in [0.1, 0.15) is 116 Å². The number of hydrogen-bond donors (Lipinski definition) is 1. The van der Waals surface area contributed by atoms with Gasteiger partial charge >= 0.3 is 0 Å². The topological polar surface area (TPSA) is 20.2 Å². The lowest BCUT2D eigenvalue weighted by Gasteiger charge is -2.16. The summed E-state index contributed by atoms with van der Waals surface area (Å²) in [6.07, 6.45) is 20.2. The highest BCUT2D eigenvalue weighted by Gasteiger charge is 2.18. The molecular formula is C26H42O. The molecule has 0 aliphatic heterocycles. The summed E-state index contributed by atoms with van der Waals surface area (Å²) in [6.45, 7) is 4.06. The number of aliphatic hydroxyl groups is 1. The monoisotopic (exact) mass is 370 g/mol. The molecule has 0 spiro atoms. The van der Waals surface area contributed by atoms with Gasteiger partial charge in [0.05, 0.1) is 0 Å². The van der Waals surface area contributed by atoms with Gasteiger partial charge in [-0.25, -0.2) is 0 Å². The van der Waals surface area contributed by atoms with Crippen molar-refractivity contribution in [2.75, 3.05) is 0 Å². The zero-order valence-electron chi connectivity index (χ0n) is 17.9. The molecule has 1 aromatic carbocycles. The first-order valence-corrected chi connectivity index (χ1v) is 11.4. The third-order valence-corrected chi connectivity index (χ3v) is 5.32. The van der Waals surface area contributed by atoms with Crippen molar-refractivity contribution in [1.82, 2.24) is 0 Å². The van der Waals surface area contributed by atoms with Crippen LogP contribution < -0.4 is 0 Å². The SMILES string of the molecule is CCCCCCCCCCCCCCCCC#CC(C)(O)c1ccccc1. The Bertz CT molecular complexity index is 506. The van der Waals surface area contributed by atoms with Gasteiger partial charge in [-0.1, -0.05) is 133 Å². The van der Waals surface area contributed by atoms with Crippen LogP contribution in [0.15, 0.2) is 30.3 Å². The van der Waals surface area contributed by atoms with Gasteiger partial charge in [0.2, 0.25) is 0 Å². The van der Waals surface area contributed by atoms with Gasteiger partial charge in [0.15, 0.2) is 0 Å². The minimum absolute atomic E-state index is 0.874. The predicted octanol–water partition coefficient (Wildman–Crippen LogP) is 7.77. The van der Waals surface area contributed by atoms with Crippen molar-refractivity contribution in [3.63, 3.8) is 0 Å². The van der Waals surface area contributed by atoms with Gasteiger partial charge in [0.25, 0.3) is 0 Å². The summed E-state index contributed by atoms with van der Waals surface area (Å²) in [5, 5.41) is 10.4. The molecule has 27 heavy (non-hydrogen) atoms. The highest BCUT2D eigenvalue weighted by Crippen LogP contribution is 2.19. The van der Waals surface area contributed by atoms with Crippen LogP contribution in [0.4, 0.5) is 0 Å². The summed E-state index contributed by atoms with van der Waals surface area (Å²) >= 11 is 0. The average molecular weight is 371 g/mol. The van der Waals surface area contributed by atoms with E-state index in [1.165, 1.54) is 83.5 Å². The van der Waals surface area contributed by atoms with Crippen molar-refractivity contribution in [3.05, 3.63) is 35.9 Å². The standard InChI is InChI=1S/C26H42O/c1-3-4-5-6-7-8-9-10-11-12-13-14-15-16-17-21-24-26(2,27)25-22-19-18-20-23-25/h18-20,22-23,27H,3-17H2,1-2H3. The molecule has 1 rings (SSSR count). The van der Waals surface area contributed by atoms with Crippen LogP contribution in [0, 0.1) is 11.8 Å². The van der Waals surface area contributed by atoms with E-state index in [0.29, 0.717) is 0 Å². The summed E-state index contributed by atoms with van der Waals surface area (Å²) in [7, 11) is 0. The van der Waals surface area contributed by atoms with Crippen LogP contribution in [0.3, 0.4) is 0 Å². The van der Waals surface area contributed by atoms with Gasteiger partial charge in [0, 0.05) is 6.42 Å². The van der Waals surface area contributed by atoms with Crippen molar-refractivity contribution in [1.29, 1.82) is 0 Å². The van der Waals surface area contributed by atoms with Crippen molar-refractivity contribution in [3.8, 4) is 11.8 Å². The maximum Gasteiger partial charge on any atom is 0.148 e. The molecule has 0 bridgehead atoms. The Morgan fingerprint density at radius 3 is 1.63 bits per heavy atom. The third kappa shape index (κ3) is 12.7. The molecule has 0 saturated carbocycles. The van der Waals surface area contributed by atoms with Crippen LogP contribution in [0.25, 0.3) is 0 Å². The first-order chi connectivity index (χ1) is 13.2. The van der Waals surface area contributed by atoms with E-state index in [4.69, 9.17) is 0 Å². The second-order valence-electron chi connectivity index (χ2n) is 8.09. The largest absolute Gasteiger partial charge is 0.374 e. The van der Waals surface area contributed by atoms with Crippen molar-refractivity contribution < 1.29 is 5.11 Å². The molecule has 1 N–H and O–H groups in total. The Hall–Kier alpha value is -1.26. The second-order valence-corrected chi connectivity index (χ2v) is 8.09. The van der Waals surface area contributed by atoms with Gasteiger partial charge in [0.1, 0.15) is 5.60 Å². The van der Waals surface area contributed by atoms with Crippen LogP contribution in [0.5, 0.6) is 0 Å². The minimum Gasteiger partial charge on any atom is -0.374 e. The Kier molecular flexibility index (Phi) is 13.9. The van der Waals surface area contributed by atoms with Crippen LogP contribution in [0.2, 0.25) is 0 Å². The fraction of sp³-hybridized carbons (Fsp3) is 0.692. The Morgan fingerprint density at radius 1 is 0.704 bits per heavy atom. The minimum atomic E-state index is -1.03. The molecule has 1 unspecified atom stereocenters. The van der Waals surface area contributed by atoms with Crippen molar-refractivity contribution in [2.45, 2.75) is 116 Å². The summed E-state index contributed by atoms with van der Waals surface area (Å²) in [5.41, 5.74) is -0.157. The van der Waals surface area contributed by atoms with E-state index >= 15 is 0 Å². The lowest BCUT2D eigenvalue weighted by atomic mass is 9.96. The zero-order valence-corrected chi connectivity index (χ0v) is 17.9. The summed E-state index contributed by atoms with van der Waals surface area (Å²) in [4.78, 5) is 0. The molecule has 0 amide bonds.